The van der Waals surface area contributed by atoms with E-state index in [0.29, 0.717) is 11.9 Å². The second-order valence-corrected chi connectivity index (χ2v) is 4.70. The van der Waals surface area contributed by atoms with E-state index in [1.165, 1.54) is 18.4 Å². The van der Waals surface area contributed by atoms with Crippen LogP contribution >= 0.6 is 0 Å². The van der Waals surface area contributed by atoms with Gasteiger partial charge in [-0.15, -0.1) is 0 Å². The van der Waals surface area contributed by atoms with Crippen molar-refractivity contribution in [2.45, 2.75) is 18.9 Å². The molecular formula is C13H12N4O. The number of hydrogen-bond acceptors (Lipinski definition) is 4. The first-order valence-electron chi connectivity index (χ1n) is 6.00. The predicted octanol–water partition coefficient (Wildman–Crippen LogP) is 2.61. The number of anilines is 1. The Hall–Kier alpha value is -2.30. The van der Waals surface area contributed by atoms with E-state index in [4.69, 9.17) is 10.3 Å². The maximum Gasteiger partial charge on any atom is 0.222 e. The SMILES string of the molecule is Nc1cc(-c2ccc3c(c2)ncn3C2CC2)no1. The molecule has 1 aromatic carbocycles. The fraction of sp³-hybridized carbons (Fsp3) is 0.231. The van der Waals surface area contributed by atoms with Gasteiger partial charge >= 0.3 is 0 Å². The molecule has 5 nitrogen and oxygen atoms in total. The zero-order valence-corrected chi connectivity index (χ0v) is 9.71. The lowest BCUT2D eigenvalue weighted by Gasteiger charge is -2.01. The van der Waals surface area contributed by atoms with E-state index >= 15 is 0 Å². The van der Waals surface area contributed by atoms with Gasteiger partial charge in [0, 0.05) is 17.7 Å². The van der Waals surface area contributed by atoms with Crippen molar-refractivity contribution in [3.05, 3.63) is 30.6 Å². The van der Waals surface area contributed by atoms with E-state index < -0.39 is 0 Å². The Labute approximate surface area is 103 Å². The number of benzene rings is 1. The molecule has 0 bridgehead atoms. The maximum atomic E-state index is 5.53. The van der Waals surface area contributed by atoms with Gasteiger partial charge < -0.3 is 14.8 Å². The quantitative estimate of drug-likeness (QED) is 0.747. The van der Waals surface area contributed by atoms with Crippen molar-refractivity contribution in [3.8, 4) is 11.3 Å². The van der Waals surface area contributed by atoms with Gasteiger partial charge in [-0.3, -0.25) is 0 Å². The number of imidazole rings is 1. The van der Waals surface area contributed by atoms with Crippen molar-refractivity contribution in [3.63, 3.8) is 0 Å². The van der Waals surface area contributed by atoms with Crippen LogP contribution in [0, 0.1) is 0 Å². The van der Waals surface area contributed by atoms with Crippen LogP contribution in [0.3, 0.4) is 0 Å². The first kappa shape index (κ1) is 9.70. The zero-order valence-electron chi connectivity index (χ0n) is 9.71. The fourth-order valence-electron chi connectivity index (χ4n) is 2.26. The first-order valence-corrected chi connectivity index (χ1v) is 6.00. The maximum absolute atomic E-state index is 5.53. The average Bonchev–Trinajstić information content (AvgIpc) is 2.99. The standard InChI is InChI=1S/C13H12N4O/c14-13-6-10(16-18-13)8-1-4-12-11(5-8)15-7-17(12)9-2-3-9/h1,4-7,9H,2-3,14H2. The Balaban J connectivity index is 1.84. The van der Waals surface area contributed by atoms with Crippen LogP contribution in [-0.4, -0.2) is 14.7 Å². The Morgan fingerprint density at radius 3 is 2.89 bits per heavy atom. The molecule has 90 valence electrons. The molecular weight excluding hydrogens is 228 g/mol. The van der Waals surface area contributed by atoms with Gasteiger partial charge in [0.05, 0.1) is 17.4 Å². The normalized spacial score (nSPS) is 15.3. The molecule has 1 saturated carbocycles. The van der Waals surface area contributed by atoms with Gasteiger partial charge in [-0.25, -0.2) is 4.98 Å². The molecule has 5 heteroatoms. The largest absolute Gasteiger partial charge is 0.368 e. The highest BCUT2D eigenvalue weighted by molar-refractivity contribution is 5.81. The summed E-state index contributed by atoms with van der Waals surface area (Å²) in [5, 5.41) is 3.91. The van der Waals surface area contributed by atoms with Crippen LogP contribution in [-0.2, 0) is 0 Å². The minimum atomic E-state index is 0.327. The highest BCUT2D eigenvalue weighted by Crippen LogP contribution is 2.37. The first-order chi connectivity index (χ1) is 8.81. The second kappa shape index (κ2) is 3.35. The smallest absolute Gasteiger partial charge is 0.222 e. The van der Waals surface area contributed by atoms with Crippen molar-refractivity contribution in [1.82, 2.24) is 14.7 Å². The number of aromatic nitrogens is 3. The predicted molar refractivity (Wildman–Crippen MR) is 67.9 cm³/mol. The topological polar surface area (TPSA) is 69.9 Å². The lowest BCUT2D eigenvalue weighted by molar-refractivity contribution is 0.439. The minimum Gasteiger partial charge on any atom is -0.368 e. The van der Waals surface area contributed by atoms with Crippen molar-refractivity contribution in [2.24, 2.45) is 0 Å². The summed E-state index contributed by atoms with van der Waals surface area (Å²) in [6.45, 7) is 0. The van der Waals surface area contributed by atoms with Crippen LogP contribution in [0.15, 0.2) is 35.1 Å². The van der Waals surface area contributed by atoms with Gasteiger partial charge in [-0.1, -0.05) is 11.2 Å². The summed E-state index contributed by atoms with van der Waals surface area (Å²) < 4.78 is 7.13. The van der Waals surface area contributed by atoms with E-state index in [1.807, 2.05) is 18.5 Å². The summed E-state index contributed by atoms with van der Waals surface area (Å²) in [5.41, 5.74) is 9.42. The molecule has 4 rings (SSSR count). The van der Waals surface area contributed by atoms with Crippen LogP contribution in [0.2, 0.25) is 0 Å². The minimum absolute atomic E-state index is 0.327. The number of nitrogen functional groups attached to an aromatic ring is 1. The molecule has 2 heterocycles. The average molecular weight is 240 g/mol. The third-order valence-electron chi connectivity index (χ3n) is 3.34. The summed E-state index contributed by atoms with van der Waals surface area (Å²) in [6, 6.07) is 8.49. The molecule has 1 fully saturated rings. The fourth-order valence-corrected chi connectivity index (χ4v) is 2.26. The van der Waals surface area contributed by atoms with Crippen molar-refractivity contribution >= 4 is 16.9 Å². The molecule has 2 N–H and O–H groups in total. The van der Waals surface area contributed by atoms with E-state index in [0.717, 1.165) is 16.8 Å². The molecule has 0 amide bonds. The Morgan fingerprint density at radius 2 is 2.17 bits per heavy atom. The summed E-state index contributed by atoms with van der Waals surface area (Å²) in [4.78, 5) is 4.45. The van der Waals surface area contributed by atoms with E-state index in [2.05, 4.69) is 20.8 Å². The molecule has 18 heavy (non-hydrogen) atoms. The lowest BCUT2D eigenvalue weighted by atomic mass is 10.1. The molecule has 0 saturated heterocycles. The van der Waals surface area contributed by atoms with Crippen molar-refractivity contribution in [1.29, 1.82) is 0 Å². The van der Waals surface area contributed by atoms with E-state index in [-0.39, 0.29) is 0 Å². The molecule has 0 aliphatic heterocycles. The van der Waals surface area contributed by atoms with Gasteiger partial charge in [-0.2, -0.15) is 0 Å². The molecule has 0 atom stereocenters. The third-order valence-corrected chi connectivity index (χ3v) is 3.34. The third kappa shape index (κ3) is 1.40. The highest BCUT2D eigenvalue weighted by Gasteiger charge is 2.24. The summed E-state index contributed by atoms with van der Waals surface area (Å²) in [5.74, 6) is 0.327. The number of hydrogen-bond donors (Lipinski definition) is 1. The zero-order chi connectivity index (χ0) is 12.1. The molecule has 1 aliphatic carbocycles. The van der Waals surface area contributed by atoms with Crippen LogP contribution in [0.1, 0.15) is 18.9 Å². The lowest BCUT2D eigenvalue weighted by Crippen LogP contribution is -1.90. The molecule has 2 aromatic heterocycles. The van der Waals surface area contributed by atoms with Crippen LogP contribution in [0.25, 0.3) is 22.3 Å². The second-order valence-electron chi connectivity index (χ2n) is 4.70. The Kier molecular flexibility index (Phi) is 1.81. The van der Waals surface area contributed by atoms with Crippen molar-refractivity contribution in [2.75, 3.05) is 5.73 Å². The Bertz CT molecular complexity index is 724. The summed E-state index contributed by atoms with van der Waals surface area (Å²) in [6.07, 6.45) is 4.43. The number of rotatable bonds is 2. The van der Waals surface area contributed by atoms with Crippen LogP contribution in [0.4, 0.5) is 5.88 Å². The molecule has 0 radical (unpaired) electrons. The van der Waals surface area contributed by atoms with E-state index in [9.17, 15) is 0 Å². The number of fused-ring (bicyclic) bond motifs is 1. The van der Waals surface area contributed by atoms with Gasteiger partial charge in [0.2, 0.25) is 5.88 Å². The summed E-state index contributed by atoms with van der Waals surface area (Å²) in [7, 11) is 0. The van der Waals surface area contributed by atoms with Gasteiger partial charge in [0.25, 0.3) is 0 Å². The Morgan fingerprint density at radius 1 is 1.28 bits per heavy atom. The highest BCUT2D eigenvalue weighted by atomic mass is 16.5. The molecule has 0 unspecified atom stereocenters. The van der Waals surface area contributed by atoms with Crippen molar-refractivity contribution < 1.29 is 4.52 Å². The van der Waals surface area contributed by atoms with E-state index in [1.54, 1.807) is 6.07 Å². The summed E-state index contributed by atoms with van der Waals surface area (Å²) >= 11 is 0. The van der Waals surface area contributed by atoms with Gasteiger partial charge in [0.1, 0.15) is 5.69 Å². The number of nitrogens with two attached hydrogens (primary N) is 1. The van der Waals surface area contributed by atoms with Gasteiger partial charge in [-0.05, 0) is 25.0 Å². The van der Waals surface area contributed by atoms with Crippen LogP contribution in [0.5, 0.6) is 0 Å². The number of nitrogens with zero attached hydrogens (tertiary/aromatic N) is 3. The molecule has 0 spiro atoms. The molecule has 1 aliphatic rings. The monoisotopic (exact) mass is 240 g/mol. The van der Waals surface area contributed by atoms with Gasteiger partial charge in [0.15, 0.2) is 0 Å². The molecule has 3 aromatic rings. The van der Waals surface area contributed by atoms with Crippen LogP contribution < -0.4 is 5.73 Å².